The Balaban J connectivity index is 1.23. The molecule has 7 heteroatoms. The van der Waals surface area contributed by atoms with Gasteiger partial charge >= 0.3 is 0 Å². The lowest BCUT2D eigenvalue weighted by Crippen LogP contribution is -2.10. The summed E-state index contributed by atoms with van der Waals surface area (Å²) in [6.45, 7) is 8.10. The molecule has 0 N–H and O–H groups in total. The molecule has 2 aromatic heterocycles. The van der Waals surface area contributed by atoms with Gasteiger partial charge in [-0.3, -0.25) is 9.97 Å². The molecule has 0 radical (unpaired) electrons. The average Bonchev–Trinajstić information content (AvgIpc) is 3.02. The molecule has 0 aliphatic rings. The number of hydrogen-bond acceptors (Lipinski definition) is 4. The lowest BCUT2D eigenvalue weighted by atomic mass is 9.94. The van der Waals surface area contributed by atoms with E-state index >= 15 is 8.78 Å². The largest absolute Gasteiger partial charge is 0.264 e. The topological polar surface area (TPSA) is 59.9 Å². The van der Waals surface area contributed by atoms with Crippen molar-refractivity contribution in [1.29, 1.82) is 0 Å². The summed E-state index contributed by atoms with van der Waals surface area (Å²) in [5.74, 6) is -2.41. The van der Waals surface area contributed by atoms with Crippen LogP contribution in [0.2, 0.25) is 0 Å². The van der Waals surface area contributed by atoms with Crippen LogP contribution in [0.1, 0.15) is 33.4 Å². The van der Waals surface area contributed by atoms with Gasteiger partial charge in [-0.15, -0.1) is 0 Å². The second-order valence-corrected chi connectivity index (χ2v) is 14.3. The summed E-state index contributed by atoms with van der Waals surface area (Å²) in [6, 6.07) is 25.3. The van der Waals surface area contributed by atoms with E-state index in [4.69, 9.17) is 0 Å². The smallest absolute Gasteiger partial charge is 0.158 e. The van der Waals surface area contributed by atoms with Gasteiger partial charge in [-0.1, -0.05) is 82.9 Å². The van der Waals surface area contributed by atoms with Crippen molar-refractivity contribution in [2.45, 2.75) is 39.2 Å². The van der Waals surface area contributed by atoms with Crippen LogP contribution in [0, 0.1) is 39.3 Å². The van der Waals surface area contributed by atoms with E-state index in [1.54, 1.807) is 36.9 Å². The summed E-state index contributed by atoms with van der Waals surface area (Å²) in [6.07, 6.45) is 6.75. The Morgan fingerprint density at radius 3 is 1.23 bits per heavy atom. The third kappa shape index (κ3) is 7.21. The van der Waals surface area contributed by atoms with Crippen LogP contribution in [0.5, 0.6) is 0 Å². The second-order valence-electron chi connectivity index (χ2n) is 12.2. The van der Waals surface area contributed by atoms with Crippen LogP contribution in [0.25, 0.3) is 44.5 Å². The minimum atomic E-state index is -3.91. The van der Waals surface area contributed by atoms with E-state index in [1.807, 2.05) is 39.8 Å². The van der Waals surface area contributed by atoms with Crippen LogP contribution in [0.15, 0.2) is 110 Å². The van der Waals surface area contributed by atoms with E-state index in [1.165, 1.54) is 24.3 Å². The van der Waals surface area contributed by atoms with Crippen LogP contribution >= 0.6 is 0 Å². The van der Waals surface area contributed by atoms with Crippen LogP contribution in [-0.2, 0) is 21.3 Å². The fourth-order valence-corrected chi connectivity index (χ4v) is 7.72. The van der Waals surface area contributed by atoms with Gasteiger partial charge in [-0.05, 0) is 85.3 Å². The third-order valence-corrected chi connectivity index (χ3v) is 9.69. The van der Waals surface area contributed by atoms with E-state index in [0.29, 0.717) is 11.1 Å². The number of hydrogen-bond donors (Lipinski definition) is 0. The molecule has 4 aromatic carbocycles. The minimum absolute atomic E-state index is 0.0241. The molecule has 0 saturated carbocycles. The first-order valence-electron chi connectivity index (χ1n) is 15.3. The minimum Gasteiger partial charge on any atom is -0.264 e. The number of nitrogens with zero attached hydrogens (tertiary/aromatic N) is 2. The standard InChI is InChI=1S/C40H34F2N2O2S/c1-25-13-26(2)16-33(15-25)35-9-11-43-21-37(35)29-5-7-31(39(41)19-29)23-47(45,46)24-32-8-6-30(20-40(32)42)38-22-44-12-10-36(38)34-17-27(3)14-28(4)18-34/h5-22H,23-24H2,1-4H3. The molecule has 0 aliphatic carbocycles. The summed E-state index contributed by atoms with van der Waals surface area (Å²) in [5.41, 5.74) is 10.9. The number of sulfone groups is 1. The zero-order valence-electron chi connectivity index (χ0n) is 26.7. The van der Waals surface area contributed by atoms with E-state index in [0.717, 1.165) is 55.6 Å². The van der Waals surface area contributed by atoms with Crippen molar-refractivity contribution in [2.24, 2.45) is 0 Å². The normalized spacial score (nSPS) is 11.5. The SMILES string of the molecule is Cc1cc(C)cc(-c2ccncc2-c2ccc(CS(=O)(=O)Cc3ccc(-c4cnccc4-c4cc(C)cc(C)c4)cc3F)c(F)c2)c1. The predicted octanol–water partition coefficient (Wildman–Crippen LogP) is 9.77. The second kappa shape index (κ2) is 13.0. The van der Waals surface area contributed by atoms with E-state index < -0.39 is 33.0 Å². The number of rotatable bonds is 8. The van der Waals surface area contributed by atoms with Crippen molar-refractivity contribution < 1.29 is 17.2 Å². The van der Waals surface area contributed by atoms with Crippen molar-refractivity contribution in [3.8, 4) is 44.5 Å². The van der Waals surface area contributed by atoms with E-state index in [9.17, 15) is 8.42 Å². The monoisotopic (exact) mass is 644 g/mol. The number of aromatic nitrogens is 2. The molecule has 2 heterocycles. The summed E-state index contributed by atoms with van der Waals surface area (Å²) in [7, 11) is -3.91. The highest BCUT2D eigenvalue weighted by molar-refractivity contribution is 7.89. The molecule has 6 rings (SSSR count). The Morgan fingerprint density at radius 2 is 0.872 bits per heavy atom. The molecular formula is C40H34F2N2O2S. The van der Waals surface area contributed by atoms with Gasteiger partial charge in [-0.2, -0.15) is 0 Å². The van der Waals surface area contributed by atoms with Crippen LogP contribution < -0.4 is 0 Å². The fourth-order valence-electron chi connectivity index (χ4n) is 6.20. The zero-order chi connectivity index (χ0) is 33.3. The van der Waals surface area contributed by atoms with Crippen LogP contribution in [-0.4, -0.2) is 18.4 Å². The Kier molecular flexibility index (Phi) is 8.84. The summed E-state index contributed by atoms with van der Waals surface area (Å²) < 4.78 is 57.4. The Bertz CT molecular complexity index is 2050. The summed E-state index contributed by atoms with van der Waals surface area (Å²) in [4.78, 5) is 8.51. The van der Waals surface area contributed by atoms with Gasteiger partial charge < -0.3 is 0 Å². The van der Waals surface area contributed by atoms with Crippen molar-refractivity contribution in [1.82, 2.24) is 9.97 Å². The number of aryl methyl sites for hydroxylation is 4. The first kappa shape index (κ1) is 32.0. The fraction of sp³-hybridized carbons (Fsp3) is 0.150. The highest BCUT2D eigenvalue weighted by Gasteiger charge is 2.20. The van der Waals surface area contributed by atoms with Crippen molar-refractivity contribution in [3.05, 3.63) is 155 Å². The zero-order valence-corrected chi connectivity index (χ0v) is 27.5. The summed E-state index contributed by atoms with van der Waals surface area (Å²) in [5, 5.41) is 0. The maximum atomic E-state index is 15.4. The molecule has 6 aromatic rings. The van der Waals surface area contributed by atoms with Gasteiger partial charge in [-0.25, -0.2) is 17.2 Å². The lowest BCUT2D eigenvalue weighted by Gasteiger charge is -2.13. The molecular weight excluding hydrogens is 611 g/mol. The molecule has 0 aliphatic heterocycles. The lowest BCUT2D eigenvalue weighted by molar-refractivity contribution is 0.581. The number of benzene rings is 4. The number of pyridine rings is 2. The van der Waals surface area contributed by atoms with Gasteiger partial charge in [0.15, 0.2) is 9.84 Å². The summed E-state index contributed by atoms with van der Waals surface area (Å²) >= 11 is 0. The molecule has 47 heavy (non-hydrogen) atoms. The van der Waals surface area contributed by atoms with Crippen molar-refractivity contribution in [2.75, 3.05) is 0 Å². The van der Waals surface area contributed by atoms with Crippen molar-refractivity contribution >= 4 is 9.84 Å². The maximum Gasteiger partial charge on any atom is 0.158 e. The van der Waals surface area contributed by atoms with E-state index in [-0.39, 0.29) is 11.1 Å². The highest BCUT2D eigenvalue weighted by Crippen LogP contribution is 2.35. The first-order chi connectivity index (χ1) is 22.5. The molecule has 236 valence electrons. The van der Waals surface area contributed by atoms with E-state index in [2.05, 4.69) is 46.4 Å². The average molecular weight is 645 g/mol. The molecule has 0 bridgehead atoms. The Labute approximate surface area is 274 Å². The molecule has 0 spiro atoms. The van der Waals surface area contributed by atoms with Gasteiger partial charge in [0.25, 0.3) is 0 Å². The van der Waals surface area contributed by atoms with Crippen LogP contribution in [0.3, 0.4) is 0 Å². The molecule has 0 amide bonds. The maximum absolute atomic E-state index is 15.4. The molecule has 0 saturated heterocycles. The van der Waals surface area contributed by atoms with Gasteiger partial charge in [0.05, 0.1) is 11.5 Å². The number of halogens is 2. The van der Waals surface area contributed by atoms with Crippen molar-refractivity contribution in [3.63, 3.8) is 0 Å². The highest BCUT2D eigenvalue weighted by atomic mass is 32.2. The third-order valence-electron chi connectivity index (χ3n) is 8.19. The van der Waals surface area contributed by atoms with Gasteiger partial charge in [0, 0.05) is 47.0 Å². The molecule has 0 atom stereocenters. The predicted molar refractivity (Wildman–Crippen MR) is 185 cm³/mol. The van der Waals surface area contributed by atoms with Gasteiger partial charge in [0.2, 0.25) is 0 Å². The molecule has 0 unspecified atom stereocenters. The van der Waals surface area contributed by atoms with Gasteiger partial charge in [0.1, 0.15) is 11.6 Å². The molecule has 0 fully saturated rings. The Hall–Kier alpha value is -5.01. The first-order valence-corrected chi connectivity index (χ1v) is 17.1. The molecule has 4 nitrogen and oxygen atoms in total. The quantitative estimate of drug-likeness (QED) is 0.166. The van der Waals surface area contributed by atoms with Crippen LogP contribution in [0.4, 0.5) is 8.78 Å². The Morgan fingerprint density at radius 1 is 0.489 bits per heavy atom.